The van der Waals surface area contributed by atoms with Gasteiger partial charge in [0.1, 0.15) is 0 Å². The molecule has 0 saturated carbocycles. The van der Waals surface area contributed by atoms with E-state index in [1.165, 1.54) is 0 Å². The average Bonchev–Trinajstić information content (AvgIpc) is 2.51. The zero-order valence-electron chi connectivity index (χ0n) is 12.7. The first-order valence-electron chi connectivity index (χ1n) is 7.67. The van der Waals surface area contributed by atoms with E-state index in [2.05, 4.69) is 5.32 Å². The third-order valence-electron chi connectivity index (χ3n) is 4.03. The van der Waals surface area contributed by atoms with Crippen LogP contribution in [-0.2, 0) is 4.79 Å². The molecular formula is C16H20Cl2N2O3. The highest BCUT2D eigenvalue weighted by atomic mass is 35.5. The number of hydrogen-bond donors (Lipinski definition) is 2. The molecule has 0 aromatic heterocycles. The second kappa shape index (κ2) is 8.41. The molecular weight excluding hydrogens is 339 g/mol. The largest absolute Gasteiger partial charge is 0.481 e. The summed E-state index contributed by atoms with van der Waals surface area (Å²) in [5.74, 6) is -0.594. The molecule has 0 unspecified atom stereocenters. The first-order chi connectivity index (χ1) is 11.0. The van der Waals surface area contributed by atoms with Crippen LogP contribution in [0, 0.1) is 0 Å². The van der Waals surface area contributed by atoms with Crippen molar-refractivity contribution in [3.63, 3.8) is 0 Å². The van der Waals surface area contributed by atoms with E-state index in [9.17, 15) is 9.59 Å². The molecule has 2 rings (SSSR count). The third-order valence-corrected chi connectivity index (χ3v) is 4.69. The molecule has 0 spiro atoms. The predicted octanol–water partition coefficient (Wildman–Crippen LogP) is 3.75. The number of carboxylic acid groups (broad SMARTS) is 1. The van der Waals surface area contributed by atoms with Crippen LogP contribution in [-0.4, -0.2) is 41.6 Å². The Morgan fingerprint density at radius 3 is 2.39 bits per heavy atom. The second-order valence-electron chi connectivity index (χ2n) is 5.63. The van der Waals surface area contributed by atoms with Crippen molar-refractivity contribution in [2.24, 2.45) is 0 Å². The van der Waals surface area contributed by atoms with Gasteiger partial charge in [-0.3, -0.25) is 4.79 Å². The molecule has 1 aliphatic heterocycles. The summed E-state index contributed by atoms with van der Waals surface area (Å²) in [6.45, 7) is 1.65. The van der Waals surface area contributed by atoms with Gasteiger partial charge in [0.2, 0.25) is 0 Å². The lowest BCUT2D eigenvalue weighted by Crippen LogP contribution is -2.44. The Balaban J connectivity index is 1.81. The van der Waals surface area contributed by atoms with Crippen molar-refractivity contribution >= 4 is 35.2 Å². The standard InChI is InChI=1S/C16H20Cl2N2O3/c17-12-3-1-4-13(18)15(12)11-6-9-20(10-7-11)16(23)19-8-2-5-14(21)22/h1,3-4,11H,2,5-10H2,(H,19,23)(H,21,22). The van der Waals surface area contributed by atoms with E-state index in [-0.39, 0.29) is 18.4 Å². The Morgan fingerprint density at radius 2 is 1.83 bits per heavy atom. The van der Waals surface area contributed by atoms with Crippen molar-refractivity contribution in [1.29, 1.82) is 0 Å². The van der Waals surface area contributed by atoms with Crippen molar-refractivity contribution in [2.75, 3.05) is 19.6 Å². The van der Waals surface area contributed by atoms with E-state index in [1.807, 2.05) is 18.2 Å². The fraction of sp³-hybridized carbons (Fsp3) is 0.500. The summed E-state index contributed by atoms with van der Waals surface area (Å²) in [4.78, 5) is 24.2. The molecule has 2 N–H and O–H groups in total. The summed E-state index contributed by atoms with van der Waals surface area (Å²) in [7, 11) is 0. The molecule has 5 nitrogen and oxygen atoms in total. The monoisotopic (exact) mass is 358 g/mol. The van der Waals surface area contributed by atoms with Crippen LogP contribution in [0.2, 0.25) is 10.0 Å². The minimum absolute atomic E-state index is 0.0629. The first-order valence-corrected chi connectivity index (χ1v) is 8.43. The fourth-order valence-electron chi connectivity index (χ4n) is 2.82. The van der Waals surface area contributed by atoms with E-state index < -0.39 is 5.97 Å². The number of carbonyl (C=O) groups is 2. The van der Waals surface area contributed by atoms with Crippen LogP contribution in [0.15, 0.2) is 18.2 Å². The molecule has 1 aliphatic rings. The summed E-state index contributed by atoms with van der Waals surface area (Å²) in [5.41, 5.74) is 0.970. The summed E-state index contributed by atoms with van der Waals surface area (Å²) >= 11 is 12.5. The average molecular weight is 359 g/mol. The topological polar surface area (TPSA) is 69.6 Å². The lowest BCUT2D eigenvalue weighted by Gasteiger charge is -2.33. The number of nitrogens with one attached hydrogen (secondary N) is 1. The summed E-state index contributed by atoms with van der Waals surface area (Å²) < 4.78 is 0. The molecule has 7 heteroatoms. The maximum absolute atomic E-state index is 12.0. The van der Waals surface area contributed by atoms with Crippen molar-refractivity contribution in [2.45, 2.75) is 31.6 Å². The summed E-state index contributed by atoms with van der Waals surface area (Å²) in [6, 6.07) is 5.36. The Kier molecular flexibility index (Phi) is 6.54. The lowest BCUT2D eigenvalue weighted by molar-refractivity contribution is -0.137. The highest BCUT2D eigenvalue weighted by Crippen LogP contribution is 2.37. The number of rotatable bonds is 5. The van der Waals surface area contributed by atoms with Gasteiger partial charge in [0.15, 0.2) is 0 Å². The van der Waals surface area contributed by atoms with Gasteiger partial charge in [0, 0.05) is 36.1 Å². The molecule has 0 aliphatic carbocycles. The molecule has 0 radical (unpaired) electrons. The Hall–Kier alpha value is -1.46. The maximum Gasteiger partial charge on any atom is 0.317 e. The van der Waals surface area contributed by atoms with Crippen LogP contribution < -0.4 is 5.32 Å². The van der Waals surface area contributed by atoms with Gasteiger partial charge in [0.25, 0.3) is 0 Å². The summed E-state index contributed by atoms with van der Waals surface area (Å²) in [6.07, 6.45) is 2.12. The highest BCUT2D eigenvalue weighted by Gasteiger charge is 2.26. The lowest BCUT2D eigenvalue weighted by atomic mass is 9.89. The number of nitrogens with zero attached hydrogens (tertiary/aromatic N) is 1. The van der Waals surface area contributed by atoms with Gasteiger partial charge in [-0.15, -0.1) is 0 Å². The number of piperidine rings is 1. The molecule has 1 aromatic rings. The van der Waals surface area contributed by atoms with Gasteiger partial charge in [-0.1, -0.05) is 29.3 Å². The van der Waals surface area contributed by atoms with E-state index in [4.69, 9.17) is 28.3 Å². The number of urea groups is 1. The molecule has 1 fully saturated rings. The molecule has 0 bridgehead atoms. The number of amides is 2. The number of carbonyl (C=O) groups excluding carboxylic acids is 1. The highest BCUT2D eigenvalue weighted by molar-refractivity contribution is 6.36. The normalized spacial score (nSPS) is 15.5. The quantitative estimate of drug-likeness (QED) is 0.787. The second-order valence-corrected chi connectivity index (χ2v) is 6.44. The maximum atomic E-state index is 12.0. The van der Waals surface area contributed by atoms with Gasteiger partial charge in [0.05, 0.1) is 0 Å². The minimum atomic E-state index is -0.850. The predicted molar refractivity (Wildman–Crippen MR) is 90.3 cm³/mol. The van der Waals surface area contributed by atoms with Gasteiger partial charge in [-0.2, -0.15) is 0 Å². The molecule has 126 valence electrons. The molecule has 1 heterocycles. The van der Waals surface area contributed by atoms with Crippen LogP contribution >= 0.6 is 23.2 Å². The number of likely N-dealkylation sites (tertiary alicyclic amines) is 1. The molecule has 2 amide bonds. The Labute approximate surface area is 145 Å². The molecule has 0 atom stereocenters. The fourth-order valence-corrected chi connectivity index (χ4v) is 3.52. The van der Waals surface area contributed by atoms with Gasteiger partial charge in [-0.25, -0.2) is 4.79 Å². The van der Waals surface area contributed by atoms with Crippen LogP contribution in [0.3, 0.4) is 0 Å². The van der Waals surface area contributed by atoms with Crippen LogP contribution in [0.1, 0.15) is 37.2 Å². The number of carboxylic acids is 1. The SMILES string of the molecule is O=C(O)CCCNC(=O)N1CCC(c2c(Cl)cccc2Cl)CC1. The molecule has 23 heavy (non-hydrogen) atoms. The molecule has 1 saturated heterocycles. The number of halogens is 2. The van der Waals surface area contributed by atoms with E-state index in [0.29, 0.717) is 36.1 Å². The number of hydrogen-bond acceptors (Lipinski definition) is 2. The number of benzene rings is 1. The number of aliphatic carboxylic acids is 1. The summed E-state index contributed by atoms with van der Waals surface area (Å²) in [5, 5.41) is 12.7. The van der Waals surface area contributed by atoms with Crippen LogP contribution in [0.4, 0.5) is 4.79 Å². The van der Waals surface area contributed by atoms with Crippen molar-refractivity contribution < 1.29 is 14.7 Å². The van der Waals surface area contributed by atoms with Crippen molar-refractivity contribution in [3.8, 4) is 0 Å². The third kappa shape index (κ3) is 5.01. The van der Waals surface area contributed by atoms with Crippen LogP contribution in [0.5, 0.6) is 0 Å². The van der Waals surface area contributed by atoms with Gasteiger partial charge >= 0.3 is 12.0 Å². The minimum Gasteiger partial charge on any atom is -0.481 e. The first kappa shape index (κ1) is 17.9. The van der Waals surface area contributed by atoms with E-state index in [0.717, 1.165) is 18.4 Å². The van der Waals surface area contributed by atoms with Gasteiger partial charge < -0.3 is 15.3 Å². The zero-order chi connectivity index (χ0) is 16.8. The van der Waals surface area contributed by atoms with Crippen LogP contribution in [0.25, 0.3) is 0 Å². The van der Waals surface area contributed by atoms with E-state index in [1.54, 1.807) is 4.90 Å². The zero-order valence-corrected chi connectivity index (χ0v) is 14.2. The Bertz CT molecular complexity index is 552. The smallest absolute Gasteiger partial charge is 0.317 e. The van der Waals surface area contributed by atoms with Crippen molar-refractivity contribution in [3.05, 3.63) is 33.8 Å². The molecule has 1 aromatic carbocycles. The van der Waals surface area contributed by atoms with Crippen molar-refractivity contribution in [1.82, 2.24) is 10.2 Å². The van der Waals surface area contributed by atoms with E-state index >= 15 is 0 Å². The Morgan fingerprint density at radius 1 is 1.22 bits per heavy atom. The van der Waals surface area contributed by atoms with Gasteiger partial charge in [-0.05, 0) is 42.9 Å².